The second-order valence-electron chi connectivity index (χ2n) is 2.61. The van der Waals surface area contributed by atoms with Crippen LogP contribution in [0.15, 0.2) is 4.34 Å². The van der Waals surface area contributed by atoms with E-state index in [1.54, 1.807) is 11.8 Å². The Morgan fingerprint density at radius 1 is 1.50 bits per heavy atom. The number of anilines is 1. The van der Waals surface area contributed by atoms with Crippen LogP contribution in [0.3, 0.4) is 0 Å². The summed E-state index contributed by atoms with van der Waals surface area (Å²) >= 11 is 3.14. The van der Waals surface area contributed by atoms with Crippen molar-refractivity contribution in [1.82, 2.24) is 10.2 Å². The highest BCUT2D eigenvalue weighted by Gasteiger charge is 2.16. The van der Waals surface area contributed by atoms with Gasteiger partial charge >= 0.3 is 0 Å². The summed E-state index contributed by atoms with van der Waals surface area (Å²) in [5, 5.41) is 11.7. The third kappa shape index (κ3) is 2.57. The molecule has 7 heteroatoms. The van der Waals surface area contributed by atoms with Crippen LogP contribution in [-0.4, -0.2) is 42.5 Å². The van der Waals surface area contributed by atoms with Gasteiger partial charge < -0.3 is 14.8 Å². The Balaban J connectivity index is 1.79. The minimum Gasteiger partial charge on any atom is -0.363 e. The number of nitrogens with one attached hydrogen (secondary N) is 1. The van der Waals surface area contributed by atoms with E-state index in [-0.39, 0.29) is 6.29 Å². The summed E-state index contributed by atoms with van der Waals surface area (Å²) in [6.45, 7) is 1.40. The average molecular weight is 233 g/mol. The highest BCUT2D eigenvalue weighted by molar-refractivity contribution is 8.01. The summed E-state index contributed by atoms with van der Waals surface area (Å²) in [5.74, 6) is 0.776. The Morgan fingerprint density at radius 3 is 2.93 bits per heavy atom. The number of ether oxygens (including phenoxy) is 2. The number of aromatic nitrogens is 2. The lowest BCUT2D eigenvalue weighted by atomic mass is 10.8. The molecular weight excluding hydrogens is 222 g/mol. The third-order valence-corrected chi connectivity index (χ3v) is 3.76. The molecule has 2 rings (SSSR count). The van der Waals surface area contributed by atoms with Crippen molar-refractivity contribution in [2.45, 2.75) is 10.6 Å². The summed E-state index contributed by atoms with van der Waals surface area (Å²) < 4.78 is 11.5. The van der Waals surface area contributed by atoms with Crippen molar-refractivity contribution in [3.63, 3.8) is 0 Å². The number of nitrogens with zero attached hydrogens (tertiary/aromatic N) is 2. The predicted molar refractivity (Wildman–Crippen MR) is 55.9 cm³/mol. The highest BCUT2D eigenvalue weighted by Crippen LogP contribution is 2.26. The van der Waals surface area contributed by atoms with Gasteiger partial charge in [0.2, 0.25) is 5.13 Å². The van der Waals surface area contributed by atoms with Gasteiger partial charge in [-0.15, -0.1) is 10.2 Å². The van der Waals surface area contributed by atoms with Gasteiger partial charge in [0, 0.05) is 7.05 Å². The van der Waals surface area contributed by atoms with Crippen molar-refractivity contribution in [3.8, 4) is 0 Å². The Labute approximate surface area is 90.2 Å². The number of hydrogen-bond acceptors (Lipinski definition) is 7. The van der Waals surface area contributed by atoms with E-state index < -0.39 is 0 Å². The van der Waals surface area contributed by atoms with Gasteiger partial charge in [-0.1, -0.05) is 23.1 Å². The molecule has 0 unspecified atom stereocenters. The van der Waals surface area contributed by atoms with E-state index in [0.717, 1.165) is 15.2 Å². The van der Waals surface area contributed by atoms with Crippen LogP contribution in [0.4, 0.5) is 5.13 Å². The Morgan fingerprint density at radius 2 is 2.29 bits per heavy atom. The second kappa shape index (κ2) is 4.92. The van der Waals surface area contributed by atoms with Crippen LogP contribution in [0.5, 0.6) is 0 Å². The van der Waals surface area contributed by atoms with Gasteiger partial charge in [-0.3, -0.25) is 0 Å². The minimum atomic E-state index is -0.0815. The lowest BCUT2D eigenvalue weighted by Crippen LogP contribution is -2.10. The monoisotopic (exact) mass is 233 g/mol. The first-order chi connectivity index (χ1) is 6.88. The average Bonchev–Trinajstić information content (AvgIpc) is 2.86. The standard InChI is InChI=1S/C7H11N3O2S2/c1-8-6-9-10-7(14-6)13-4-5-11-2-3-12-5/h5H,2-4H2,1H3,(H,8,9). The van der Waals surface area contributed by atoms with Crippen LogP contribution in [0, 0.1) is 0 Å². The molecular formula is C7H11N3O2S2. The Bertz CT molecular complexity index is 288. The fourth-order valence-electron chi connectivity index (χ4n) is 1.01. The van der Waals surface area contributed by atoms with E-state index in [4.69, 9.17) is 9.47 Å². The summed E-state index contributed by atoms with van der Waals surface area (Å²) in [7, 11) is 1.83. The third-order valence-electron chi connectivity index (χ3n) is 1.65. The molecule has 0 spiro atoms. The molecule has 1 aromatic heterocycles. The van der Waals surface area contributed by atoms with Gasteiger partial charge in [-0.25, -0.2) is 0 Å². The molecule has 14 heavy (non-hydrogen) atoms. The predicted octanol–water partition coefficient (Wildman–Crippen LogP) is 1.04. The van der Waals surface area contributed by atoms with E-state index >= 15 is 0 Å². The second-order valence-corrected chi connectivity index (χ2v) is 4.85. The molecule has 0 bridgehead atoms. The van der Waals surface area contributed by atoms with Gasteiger partial charge in [-0.2, -0.15) is 0 Å². The smallest absolute Gasteiger partial charge is 0.206 e. The molecule has 0 amide bonds. The fraction of sp³-hybridized carbons (Fsp3) is 0.714. The maximum Gasteiger partial charge on any atom is 0.206 e. The molecule has 0 radical (unpaired) electrons. The fourth-order valence-corrected chi connectivity index (χ4v) is 2.69. The van der Waals surface area contributed by atoms with E-state index in [1.165, 1.54) is 11.3 Å². The van der Waals surface area contributed by atoms with Crippen LogP contribution in [0.1, 0.15) is 0 Å². The molecule has 0 atom stereocenters. The van der Waals surface area contributed by atoms with Gasteiger partial charge in [-0.05, 0) is 0 Å². The zero-order valence-corrected chi connectivity index (χ0v) is 9.36. The number of rotatable bonds is 4. The quantitative estimate of drug-likeness (QED) is 0.784. The molecule has 0 aromatic carbocycles. The minimum absolute atomic E-state index is 0.0815. The molecule has 1 aliphatic rings. The van der Waals surface area contributed by atoms with Crippen molar-refractivity contribution in [2.24, 2.45) is 0 Å². The van der Waals surface area contributed by atoms with Crippen LogP contribution in [-0.2, 0) is 9.47 Å². The molecule has 0 aliphatic carbocycles. The molecule has 1 fully saturated rings. The van der Waals surface area contributed by atoms with E-state index in [2.05, 4.69) is 15.5 Å². The molecule has 1 aromatic rings. The molecule has 5 nitrogen and oxygen atoms in total. The van der Waals surface area contributed by atoms with Gasteiger partial charge in [0.15, 0.2) is 10.6 Å². The maximum atomic E-state index is 5.31. The molecule has 1 aliphatic heterocycles. The van der Waals surface area contributed by atoms with Crippen LogP contribution in [0.25, 0.3) is 0 Å². The van der Waals surface area contributed by atoms with Crippen molar-refractivity contribution < 1.29 is 9.47 Å². The number of thioether (sulfide) groups is 1. The molecule has 0 saturated carbocycles. The number of hydrogen-bond donors (Lipinski definition) is 1. The van der Waals surface area contributed by atoms with Crippen molar-refractivity contribution in [3.05, 3.63) is 0 Å². The normalized spacial score (nSPS) is 17.5. The highest BCUT2D eigenvalue weighted by atomic mass is 32.2. The first-order valence-corrected chi connectivity index (χ1v) is 6.06. The van der Waals surface area contributed by atoms with Gasteiger partial charge in [0.1, 0.15) is 0 Å². The van der Waals surface area contributed by atoms with Crippen molar-refractivity contribution in [2.75, 3.05) is 31.3 Å². The van der Waals surface area contributed by atoms with Gasteiger partial charge in [0.05, 0.1) is 19.0 Å². The van der Waals surface area contributed by atoms with Crippen LogP contribution < -0.4 is 5.32 Å². The summed E-state index contributed by atoms with van der Waals surface area (Å²) in [4.78, 5) is 0. The summed E-state index contributed by atoms with van der Waals surface area (Å²) in [5.41, 5.74) is 0. The lowest BCUT2D eigenvalue weighted by Gasteiger charge is -2.05. The van der Waals surface area contributed by atoms with Crippen LogP contribution in [0.2, 0.25) is 0 Å². The molecule has 2 heterocycles. The van der Waals surface area contributed by atoms with E-state index in [9.17, 15) is 0 Å². The lowest BCUT2D eigenvalue weighted by molar-refractivity contribution is -0.0214. The van der Waals surface area contributed by atoms with Gasteiger partial charge in [0.25, 0.3) is 0 Å². The first kappa shape index (κ1) is 10.2. The van der Waals surface area contributed by atoms with Crippen molar-refractivity contribution in [1.29, 1.82) is 0 Å². The zero-order valence-electron chi connectivity index (χ0n) is 7.73. The summed E-state index contributed by atoms with van der Waals surface area (Å²) in [6.07, 6.45) is -0.0815. The Hall–Kier alpha value is -0.370. The largest absolute Gasteiger partial charge is 0.363 e. The van der Waals surface area contributed by atoms with Crippen molar-refractivity contribution >= 4 is 28.2 Å². The SMILES string of the molecule is CNc1nnc(SCC2OCCO2)s1. The topological polar surface area (TPSA) is 56.3 Å². The van der Waals surface area contributed by atoms with E-state index in [0.29, 0.717) is 13.2 Å². The van der Waals surface area contributed by atoms with E-state index in [1.807, 2.05) is 7.05 Å². The Kier molecular flexibility index (Phi) is 3.57. The molecule has 78 valence electrons. The molecule has 1 N–H and O–H groups in total. The zero-order chi connectivity index (χ0) is 9.80. The maximum absolute atomic E-state index is 5.31. The molecule has 1 saturated heterocycles. The first-order valence-electron chi connectivity index (χ1n) is 4.26. The van der Waals surface area contributed by atoms with Crippen LogP contribution >= 0.6 is 23.1 Å². The summed E-state index contributed by atoms with van der Waals surface area (Å²) in [6, 6.07) is 0.